The topological polar surface area (TPSA) is 55.4 Å². The van der Waals surface area contributed by atoms with E-state index in [1.807, 2.05) is 31.2 Å². The molecule has 0 spiro atoms. The van der Waals surface area contributed by atoms with Gasteiger partial charge in [0.25, 0.3) is 0 Å². The summed E-state index contributed by atoms with van der Waals surface area (Å²) in [6.45, 7) is 5.60. The number of carbonyl (C=O) groups excluding carboxylic acids is 2. The van der Waals surface area contributed by atoms with Crippen molar-refractivity contribution in [3.05, 3.63) is 68.6 Å². The first-order chi connectivity index (χ1) is 12.0. The lowest BCUT2D eigenvalue weighted by molar-refractivity contribution is -0.138. The molecule has 1 aliphatic carbocycles. The largest absolute Gasteiger partial charge is 0.458 e. The SMILES string of the molecule is C=CCOC(=O)C1=C(C)NC2=C(C(=O)CCC2)[C@H]1c1ccc(I)cc1. The zero-order valence-corrected chi connectivity index (χ0v) is 16.3. The van der Waals surface area contributed by atoms with Crippen molar-refractivity contribution in [2.75, 3.05) is 6.61 Å². The highest BCUT2D eigenvalue weighted by atomic mass is 127. The lowest BCUT2D eigenvalue weighted by Gasteiger charge is -2.34. The number of Topliss-reactive ketones (excluding diaryl/α,β-unsaturated/α-hetero) is 1. The Morgan fingerprint density at radius 3 is 2.76 bits per heavy atom. The van der Waals surface area contributed by atoms with Gasteiger partial charge in [-0.2, -0.15) is 0 Å². The van der Waals surface area contributed by atoms with E-state index >= 15 is 0 Å². The minimum Gasteiger partial charge on any atom is -0.458 e. The van der Waals surface area contributed by atoms with E-state index in [1.165, 1.54) is 0 Å². The van der Waals surface area contributed by atoms with Crippen LogP contribution in [0.4, 0.5) is 0 Å². The van der Waals surface area contributed by atoms with Crippen LogP contribution in [0.2, 0.25) is 0 Å². The van der Waals surface area contributed by atoms with Gasteiger partial charge in [0, 0.05) is 32.9 Å². The second-order valence-corrected chi connectivity index (χ2v) is 7.45. The number of benzene rings is 1. The van der Waals surface area contributed by atoms with E-state index in [1.54, 1.807) is 6.08 Å². The number of hydrogen-bond acceptors (Lipinski definition) is 4. The van der Waals surface area contributed by atoms with Gasteiger partial charge in [0.15, 0.2) is 5.78 Å². The highest BCUT2D eigenvalue weighted by molar-refractivity contribution is 14.1. The molecule has 1 N–H and O–H groups in total. The number of hydrogen-bond donors (Lipinski definition) is 1. The van der Waals surface area contributed by atoms with Gasteiger partial charge in [-0.15, -0.1) is 0 Å². The summed E-state index contributed by atoms with van der Waals surface area (Å²) in [6, 6.07) is 7.96. The van der Waals surface area contributed by atoms with Crippen LogP contribution in [0.15, 0.2) is 59.5 Å². The second-order valence-electron chi connectivity index (χ2n) is 6.20. The number of carbonyl (C=O) groups is 2. The first-order valence-electron chi connectivity index (χ1n) is 8.30. The molecule has 130 valence electrons. The summed E-state index contributed by atoms with van der Waals surface area (Å²) in [5.41, 5.74) is 3.86. The average molecular weight is 449 g/mol. The first-order valence-corrected chi connectivity index (χ1v) is 9.38. The van der Waals surface area contributed by atoms with Gasteiger partial charge in [-0.25, -0.2) is 4.79 Å². The van der Waals surface area contributed by atoms with Crippen LogP contribution in [0.1, 0.15) is 37.7 Å². The van der Waals surface area contributed by atoms with E-state index in [-0.39, 0.29) is 18.3 Å². The molecule has 3 rings (SSSR count). The van der Waals surface area contributed by atoms with Crippen LogP contribution in [0.3, 0.4) is 0 Å². The van der Waals surface area contributed by atoms with Gasteiger partial charge in [0.2, 0.25) is 0 Å². The molecule has 0 amide bonds. The summed E-state index contributed by atoms with van der Waals surface area (Å²) in [7, 11) is 0. The number of halogens is 1. The molecule has 2 aliphatic rings. The Balaban J connectivity index is 2.11. The fourth-order valence-electron chi connectivity index (χ4n) is 3.45. The van der Waals surface area contributed by atoms with E-state index in [0.717, 1.165) is 33.4 Å². The van der Waals surface area contributed by atoms with Gasteiger partial charge in [-0.05, 0) is 60.1 Å². The summed E-state index contributed by atoms with van der Waals surface area (Å²) in [5, 5.41) is 3.28. The molecule has 0 fully saturated rings. The van der Waals surface area contributed by atoms with E-state index < -0.39 is 5.97 Å². The first kappa shape index (κ1) is 17.9. The third-order valence-corrected chi connectivity index (χ3v) is 5.25. The summed E-state index contributed by atoms with van der Waals surface area (Å²) in [6.07, 6.45) is 3.73. The van der Waals surface area contributed by atoms with Crippen molar-refractivity contribution in [1.29, 1.82) is 0 Å². The van der Waals surface area contributed by atoms with E-state index in [9.17, 15) is 9.59 Å². The highest BCUT2D eigenvalue weighted by Gasteiger charge is 2.38. The number of ether oxygens (including phenoxy) is 1. The van der Waals surface area contributed by atoms with Crippen molar-refractivity contribution < 1.29 is 14.3 Å². The fraction of sp³-hybridized carbons (Fsp3) is 0.300. The number of esters is 1. The monoisotopic (exact) mass is 449 g/mol. The number of nitrogens with one attached hydrogen (secondary N) is 1. The van der Waals surface area contributed by atoms with Crippen LogP contribution >= 0.6 is 22.6 Å². The Morgan fingerprint density at radius 2 is 2.08 bits per heavy atom. The zero-order chi connectivity index (χ0) is 18.0. The molecule has 4 nitrogen and oxygen atoms in total. The van der Waals surface area contributed by atoms with Gasteiger partial charge >= 0.3 is 5.97 Å². The maximum absolute atomic E-state index is 12.7. The normalized spacial score (nSPS) is 20.1. The van der Waals surface area contributed by atoms with Crippen molar-refractivity contribution in [2.45, 2.75) is 32.1 Å². The maximum Gasteiger partial charge on any atom is 0.337 e. The van der Waals surface area contributed by atoms with Gasteiger partial charge in [-0.1, -0.05) is 24.8 Å². The molecule has 1 aromatic rings. The molecule has 1 aliphatic heterocycles. The Hall–Kier alpha value is -1.89. The van der Waals surface area contributed by atoms with Crippen LogP contribution < -0.4 is 5.32 Å². The minimum absolute atomic E-state index is 0.110. The molecule has 0 aromatic heterocycles. The van der Waals surface area contributed by atoms with Crippen LogP contribution in [-0.4, -0.2) is 18.4 Å². The molecule has 25 heavy (non-hydrogen) atoms. The van der Waals surface area contributed by atoms with Crippen LogP contribution in [0, 0.1) is 3.57 Å². The summed E-state index contributed by atoms with van der Waals surface area (Å²) in [4.78, 5) is 25.4. The Labute approximate surface area is 161 Å². The number of dihydropyridines is 1. The molecular weight excluding hydrogens is 429 g/mol. The lowest BCUT2D eigenvalue weighted by Crippen LogP contribution is -2.34. The predicted octanol–water partition coefficient (Wildman–Crippen LogP) is 3.99. The number of rotatable bonds is 4. The third-order valence-electron chi connectivity index (χ3n) is 4.53. The molecule has 5 heteroatoms. The summed E-state index contributed by atoms with van der Waals surface area (Å²) < 4.78 is 6.41. The Bertz CT molecular complexity index is 790. The van der Waals surface area contributed by atoms with Gasteiger partial charge in [-0.3, -0.25) is 4.79 Å². The third kappa shape index (κ3) is 3.56. The molecule has 0 saturated carbocycles. The second kappa shape index (κ2) is 7.56. The van der Waals surface area contributed by atoms with E-state index in [2.05, 4.69) is 34.5 Å². The fourth-order valence-corrected chi connectivity index (χ4v) is 3.81. The number of ketones is 1. The van der Waals surface area contributed by atoms with Crippen molar-refractivity contribution in [3.8, 4) is 0 Å². The van der Waals surface area contributed by atoms with Crippen molar-refractivity contribution in [1.82, 2.24) is 5.32 Å². The van der Waals surface area contributed by atoms with Crippen LogP contribution in [0.25, 0.3) is 0 Å². The highest BCUT2D eigenvalue weighted by Crippen LogP contribution is 2.42. The van der Waals surface area contributed by atoms with Crippen molar-refractivity contribution in [3.63, 3.8) is 0 Å². The smallest absolute Gasteiger partial charge is 0.337 e. The molecule has 1 aromatic carbocycles. The summed E-state index contributed by atoms with van der Waals surface area (Å²) in [5.74, 6) is -0.671. The standard InChI is InChI=1S/C20H20INO3/c1-3-11-25-20(24)17-12(2)22-15-5-4-6-16(23)19(15)18(17)13-7-9-14(21)10-8-13/h3,7-10,18,22H,1,4-6,11H2,2H3/t18-/m0/s1. The molecule has 1 atom stereocenters. The molecule has 0 saturated heterocycles. The molecule has 0 radical (unpaired) electrons. The van der Waals surface area contributed by atoms with E-state index in [4.69, 9.17) is 4.74 Å². The Morgan fingerprint density at radius 1 is 1.36 bits per heavy atom. The average Bonchev–Trinajstić information content (AvgIpc) is 2.59. The summed E-state index contributed by atoms with van der Waals surface area (Å²) >= 11 is 2.24. The van der Waals surface area contributed by atoms with Gasteiger partial charge < -0.3 is 10.1 Å². The molecule has 0 unspecified atom stereocenters. The molecule has 0 bridgehead atoms. The maximum atomic E-state index is 12.7. The lowest BCUT2D eigenvalue weighted by atomic mass is 9.75. The van der Waals surface area contributed by atoms with E-state index in [0.29, 0.717) is 17.6 Å². The molecular formula is C20H20INO3. The Kier molecular flexibility index (Phi) is 5.42. The zero-order valence-electron chi connectivity index (χ0n) is 14.1. The predicted molar refractivity (Wildman–Crippen MR) is 105 cm³/mol. The van der Waals surface area contributed by atoms with Gasteiger partial charge in [0.1, 0.15) is 6.61 Å². The minimum atomic E-state index is -0.404. The number of allylic oxidation sites excluding steroid dienone is 3. The van der Waals surface area contributed by atoms with Crippen molar-refractivity contribution in [2.24, 2.45) is 0 Å². The van der Waals surface area contributed by atoms with Crippen molar-refractivity contribution >= 4 is 34.3 Å². The van der Waals surface area contributed by atoms with Gasteiger partial charge in [0.05, 0.1) is 5.57 Å². The molecule has 1 heterocycles. The van der Waals surface area contributed by atoms with Crippen LogP contribution in [0.5, 0.6) is 0 Å². The van der Waals surface area contributed by atoms with Crippen LogP contribution in [-0.2, 0) is 14.3 Å². The quantitative estimate of drug-likeness (QED) is 0.429.